The SMILES string of the molecule is O=C(NN=CC=Cc1ccccc1[N+](=O)[O-])c1cc(-c2ccccn2)nc2ccccc12. The first-order chi connectivity index (χ1) is 15.6. The number of hydrazone groups is 1. The molecule has 32 heavy (non-hydrogen) atoms. The molecule has 0 saturated heterocycles. The molecule has 0 aliphatic carbocycles. The number of hydrogen-bond acceptors (Lipinski definition) is 6. The molecule has 1 N–H and O–H groups in total. The van der Waals surface area contributed by atoms with Crippen LogP contribution in [0.25, 0.3) is 28.4 Å². The zero-order valence-electron chi connectivity index (χ0n) is 16.8. The van der Waals surface area contributed by atoms with Gasteiger partial charge >= 0.3 is 0 Å². The Hall–Kier alpha value is -4.72. The van der Waals surface area contributed by atoms with Crippen LogP contribution in [0.1, 0.15) is 15.9 Å². The topological polar surface area (TPSA) is 110 Å². The Labute approximate surface area is 183 Å². The van der Waals surface area contributed by atoms with Gasteiger partial charge in [-0.05, 0) is 42.5 Å². The van der Waals surface area contributed by atoms with Crippen LogP contribution in [0.3, 0.4) is 0 Å². The molecule has 2 aromatic heterocycles. The predicted molar refractivity (Wildman–Crippen MR) is 123 cm³/mol. The molecule has 0 unspecified atom stereocenters. The number of nitro groups is 1. The summed E-state index contributed by atoms with van der Waals surface area (Å²) in [7, 11) is 0. The zero-order chi connectivity index (χ0) is 22.3. The highest BCUT2D eigenvalue weighted by molar-refractivity contribution is 6.07. The largest absolute Gasteiger partial charge is 0.276 e. The van der Waals surface area contributed by atoms with Gasteiger partial charge in [0.15, 0.2) is 0 Å². The highest BCUT2D eigenvalue weighted by Gasteiger charge is 2.14. The van der Waals surface area contributed by atoms with E-state index in [9.17, 15) is 14.9 Å². The molecule has 1 amide bonds. The minimum Gasteiger partial charge on any atom is -0.267 e. The van der Waals surface area contributed by atoms with Gasteiger partial charge in [-0.2, -0.15) is 5.10 Å². The van der Waals surface area contributed by atoms with Crippen LogP contribution in [0, 0.1) is 10.1 Å². The Balaban J connectivity index is 1.56. The molecule has 0 bridgehead atoms. The molecule has 156 valence electrons. The lowest BCUT2D eigenvalue weighted by molar-refractivity contribution is -0.385. The van der Waals surface area contributed by atoms with Gasteiger partial charge in [0.2, 0.25) is 0 Å². The van der Waals surface area contributed by atoms with Crippen molar-refractivity contribution in [3.8, 4) is 11.4 Å². The summed E-state index contributed by atoms with van der Waals surface area (Å²) in [5.74, 6) is -0.406. The van der Waals surface area contributed by atoms with Crippen molar-refractivity contribution in [3.63, 3.8) is 0 Å². The molecular weight excluding hydrogens is 406 g/mol. The number of para-hydroxylation sites is 2. The monoisotopic (exact) mass is 423 g/mol. The van der Waals surface area contributed by atoms with E-state index in [-0.39, 0.29) is 5.69 Å². The number of carbonyl (C=O) groups excluding carboxylic acids is 1. The van der Waals surface area contributed by atoms with Crippen LogP contribution in [-0.4, -0.2) is 27.0 Å². The minimum atomic E-state index is -0.452. The van der Waals surface area contributed by atoms with Gasteiger partial charge in [-0.3, -0.25) is 19.9 Å². The van der Waals surface area contributed by atoms with Gasteiger partial charge in [0.25, 0.3) is 11.6 Å². The van der Waals surface area contributed by atoms with Crippen molar-refractivity contribution in [3.05, 3.63) is 106 Å². The van der Waals surface area contributed by atoms with Crippen LogP contribution in [0.4, 0.5) is 5.69 Å². The highest BCUT2D eigenvalue weighted by Crippen LogP contribution is 2.23. The van der Waals surface area contributed by atoms with Crippen LogP contribution in [0.2, 0.25) is 0 Å². The molecule has 4 aromatic rings. The summed E-state index contributed by atoms with van der Waals surface area (Å²) in [6, 6.07) is 20.9. The van der Waals surface area contributed by atoms with Crippen molar-refractivity contribution < 1.29 is 9.72 Å². The number of nitrogens with zero attached hydrogens (tertiary/aromatic N) is 4. The Morgan fingerprint density at radius 2 is 1.78 bits per heavy atom. The normalized spacial score (nSPS) is 11.2. The van der Waals surface area contributed by atoms with Gasteiger partial charge in [0.1, 0.15) is 0 Å². The first-order valence-corrected chi connectivity index (χ1v) is 9.68. The molecule has 0 aliphatic rings. The van der Waals surface area contributed by atoms with Crippen LogP contribution in [0.5, 0.6) is 0 Å². The molecule has 0 fully saturated rings. The van der Waals surface area contributed by atoms with Gasteiger partial charge in [-0.25, -0.2) is 10.4 Å². The second kappa shape index (κ2) is 9.40. The van der Waals surface area contributed by atoms with E-state index in [0.29, 0.717) is 33.4 Å². The molecule has 0 aliphatic heterocycles. The number of nitrogens with one attached hydrogen (secondary N) is 1. The van der Waals surface area contributed by atoms with E-state index in [1.807, 2.05) is 42.5 Å². The summed E-state index contributed by atoms with van der Waals surface area (Å²) in [5.41, 5.74) is 5.24. The van der Waals surface area contributed by atoms with E-state index in [2.05, 4.69) is 20.5 Å². The number of rotatable bonds is 6. The number of allylic oxidation sites excluding steroid dienone is 1. The first-order valence-electron chi connectivity index (χ1n) is 9.68. The van der Waals surface area contributed by atoms with Crippen molar-refractivity contribution in [2.75, 3.05) is 0 Å². The lowest BCUT2D eigenvalue weighted by atomic mass is 10.1. The number of aromatic nitrogens is 2. The minimum absolute atomic E-state index is 0.00788. The number of fused-ring (bicyclic) bond motifs is 1. The molecular formula is C24H17N5O3. The quantitative estimate of drug-likeness (QED) is 0.276. The van der Waals surface area contributed by atoms with Crippen LogP contribution in [-0.2, 0) is 0 Å². The summed E-state index contributed by atoms with van der Waals surface area (Å²) in [6.45, 7) is 0. The molecule has 8 nitrogen and oxygen atoms in total. The van der Waals surface area contributed by atoms with Crippen molar-refractivity contribution in [2.24, 2.45) is 5.10 Å². The second-order valence-corrected chi connectivity index (χ2v) is 6.68. The van der Waals surface area contributed by atoms with Crippen molar-refractivity contribution in [2.45, 2.75) is 0 Å². The average molecular weight is 423 g/mol. The third-order valence-corrected chi connectivity index (χ3v) is 4.62. The lowest BCUT2D eigenvalue weighted by Crippen LogP contribution is -2.18. The third kappa shape index (κ3) is 4.54. The van der Waals surface area contributed by atoms with Crippen LogP contribution in [0.15, 0.2) is 90.2 Å². The van der Waals surface area contributed by atoms with E-state index in [1.54, 1.807) is 36.5 Å². The van der Waals surface area contributed by atoms with Crippen molar-refractivity contribution >= 4 is 34.8 Å². The molecule has 4 rings (SSSR count). The Morgan fingerprint density at radius 1 is 1.00 bits per heavy atom. The van der Waals surface area contributed by atoms with Gasteiger partial charge in [-0.1, -0.05) is 36.4 Å². The number of amides is 1. The van der Waals surface area contributed by atoms with E-state index >= 15 is 0 Å². The smallest absolute Gasteiger partial charge is 0.267 e. The molecule has 0 atom stereocenters. The van der Waals surface area contributed by atoms with Crippen LogP contribution < -0.4 is 5.43 Å². The highest BCUT2D eigenvalue weighted by atomic mass is 16.6. The maximum atomic E-state index is 12.8. The number of hydrogen-bond donors (Lipinski definition) is 1. The average Bonchev–Trinajstić information content (AvgIpc) is 2.83. The molecule has 2 aromatic carbocycles. The Bertz CT molecular complexity index is 1350. The summed E-state index contributed by atoms with van der Waals surface area (Å²) >= 11 is 0. The summed E-state index contributed by atoms with van der Waals surface area (Å²) in [4.78, 5) is 32.4. The summed E-state index contributed by atoms with van der Waals surface area (Å²) in [5, 5.41) is 15.7. The van der Waals surface area contributed by atoms with E-state index < -0.39 is 10.8 Å². The number of nitro benzene ring substituents is 1. The molecule has 0 saturated carbocycles. The fourth-order valence-electron chi connectivity index (χ4n) is 3.15. The number of carbonyl (C=O) groups is 1. The predicted octanol–water partition coefficient (Wildman–Crippen LogP) is 4.63. The zero-order valence-corrected chi connectivity index (χ0v) is 16.8. The molecule has 8 heteroatoms. The first kappa shape index (κ1) is 20.5. The third-order valence-electron chi connectivity index (χ3n) is 4.62. The second-order valence-electron chi connectivity index (χ2n) is 6.68. The maximum absolute atomic E-state index is 12.8. The van der Waals surface area contributed by atoms with Gasteiger partial charge < -0.3 is 0 Å². The molecule has 2 heterocycles. The number of pyridine rings is 2. The summed E-state index contributed by atoms with van der Waals surface area (Å²) < 4.78 is 0. The standard InChI is InChI=1S/C24H17N5O3/c30-24(28-26-15-7-9-17-8-1-4-13-23(17)29(31)32)19-16-22(21-12-5-6-14-25-21)27-20-11-3-2-10-18(19)20/h1-16H,(H,28,30). The Morgan fingerprint density at radius 3 is 2.59 bits per heavy atom. The number of benzene rings is 2. The van der Waals surface area contributed by atoms with Crippen molar-refractivity contribution in [1.82, 2.24) is 15.4 Å². The van der Waals surface area contributed by atoms with Gasteiger partial charge in [-0.15, -0.1) is 0 Å². The van der Waals surface area contributed by atoms with Gasteiger partial charge in [0.05, 0.1) is 33.0 Å². The van der Waals surface area contributed by atoms with Crippen LogP contribution >= 0.6 is 0 Å². The maximum Gasteiger partial charge on any atom is 0.276 e. The van der Waals surface area contributed by atoms with Crippen molar-refractivity contribution in [1.29, 1.82) is 0 Å². The fraction of sp³-hybridized carbons (Fsp3) is 0. The fourth-order valence-corrected chi connectivity index (χ4v) is 3.15. The van der Waals surface area contributed by atoms with E-state index in [4.69, 9.17) is 0 Å². The van der Waals surface area contributed by atoms with Gasteiger partial charge in [0, 0.05) is 23.9 Å². The summed E-state index contributed by atoms with van der Waals surface area (Å²) in [6.07, 6.45) is 6.10. The Kier molecular flexibility index (Phi) is 6.03. The molecule has 0 radical (unpaired) electrons. The molecule has 0 spiro atoms. The lowest BCUT2D eigenvalue weighted by Gasteiger charge is -2.08. The van der Waals surface area contributed by atoms with E-state index in [0.717, 1.165) is 0 Å². The van der Waals surface area contributed by atoms with E-state index in [1.165, 1.54) is 18.4 Å².